The van der Waals surface area contributed by atoms with E-state index in [1.165, 1.54) is 4.31 Å². The highest BCUT2D eigenvalue weighted by atomic mass is 32.2. The lowest BCUT2D eigenvalue weighted by atomic mass is 10.2. The van der Waals surface area contributed by atoms with Crippen LogP contribution in [0.2, 0.25) is 0 Å². The van der Waals surface area contributed by atoms with Crippen LogP contribution in [0.15, 0.2) is 65.8 Å². The van der Waals surface area contributed by atoms with Crippen molar-refractivity contribution in [3.8, 4) is 5.69 Å². The largest absolute Gasteiger partial charge is 0.328 e. The van der Waals surface area contributed by atoms with Gasteiger partial charge in [-0.25, -0.2) is 18.1 Å². The highest BCUT2D eigenvalue weighted by Gasteiger charge is 2.23. The molecule has 4 aromatic rings. The van der Waals surface area contributed by atoms with E-state index in [0.717, 1.165) is 17.0 Å². The average molecular weight is 495 g/mol. The van der Waals surface area contributed by atoms with Gasteiger partial charge in [-0.15, -0.1) is 0 Å². The maximum Gasteiger partial charge on any atom is 0.243 e. The molecule has 9 nitrogen and oxygen atoms in total. The van der Waals surface area contributed by atoms with Crippen LogP contribution in [0.25, 0.3) is 16.7 Å². The third-order valence-electron chi connectivity index (χ3n) is 5.93. The van der Waals surface area contributed by atoms with Crippen molar-refractivity contribution in [1.29, 1.82) is 0 Å². The van der Waals surface area contributed by atoms with Crippen LogP contribution in [-0.2, 0) is 27.8 Å². The molecule has 0 aliphatic rings. The predicted octanol–water partition coefficient (Wildman–Crippen LogP) is 3.84. The summed E-state index contributed by atoms with van der Waals surface area (Å²) in [5.74, 6) is 0.627. The molecule has 0 saturated heterocycles. The van der Waals surface area contributed by atoms with E-state index in [-0.39, 0.29) is 17.2 Å². The number of aromatic nitrogens is 4. The highest BCUT2D eigenvalue weighted by Crippen LogP contribution is 2.24. The van der Waals surface area contributed by atoms with E-state index in [1.807, 2.05) is 61.9 Å². The first-order valence-corrected chi connectivity index (χ1v) is 13.2. The van der Waals surface area contributed by atoms with Crippen molar-refractivity contribution < 1.29 is 13.2 Å². The molecule has 0 radical (unpaired) electrons. The summed E-state index contributed by atoms with van der Waals surface area (Å²) >= 11 is 0. The summed E-state index contributed by atoms with van der Waals surface area (Å²) in [5, 5.41) is 7.15. The van der Waals surface area contributed by atoms with Crippen LogP contribution in [0.1, 0.15) is 33.0 Å². The number of sulfonamides is 1. The molecular weight excluding hydrogens is 464 g/mol. The Morgan fingerprint density at radius 1 is 1.06 bits per heavy atom. The van der Waals surface area contributed by atoms with E-state index < -0.39 is 10.0 Å². The number of benzene rings is 2. The first-order chi connectivity index (χ1) is 16.9. The molecule has 4 rings (SSSR count). The minimum absolute atomic E-state index is 0.123. The molecule has 1 amide bonds. The lowest BCUT2D eigenvalue weighted by Gasteiger charge is -2.18. The zero-order valence-electron chi connectivity index (χ0n) is 20.2. The second-order valence-electron chi connectivity index (χ2n) is 8.06. The maximum atomic E-state index is 12.9. The number of rotatable bonds is 10. The minimum Gasteiger partial charge on any atom is -0.328 e. The summed E-state index contributed by atoms with van der Waals surface area (Å²) < 4.78 is 31.0. The maximum absolute atomic E-state index is 12.9. The van der Waals surface area contributed by atoms with E-state index >= 15 is 0 Å². The number of imidazole rings is 1. The number of amides is 1. The topological polar surface area (TPSA) is 102 Å². The van der Waals surface area contributed by atoms with Gasteiger partial charge in [-0.1, -0.05) is 19.9 Å². The number of nitrogens with one attached hydrogen (secondary N) is 1. The number of nitrogens with zero attached hydrogens (tertiary/aromatic N) is 5. The number of aryl methyl sites for hydroxylation is 2. The fourth-order valence-electron chi connectivity index (χ4n) is 4.17. The minimum atomic E-state index is -3.57. The molecule has 2 aromatic heterocycles. The van der Waals surface area contributed by atoms with Gasteiger partial charge in [0.15, 0.2) is 0 Å². The lowest BCUT2D eigenvalue weighted by Crippen LogP contribution is -2.30. The Morgan fingerprint density at radius 3 is 2.54 bits per heavy atom. The Kier molecular flexibility index (Phi) is 7.32. The molecule has 2 aromatic carbocycles. The van der Waals surface area contributed by atoms with E-state index in [2.05, 4.69) is 15.4 Å². The van der Waals surface area contributed by atoms with Crippen molar-refractivity contribution in [2.24, 2.45) is 0 Å². The Hall–Kier alpha value is -3.50. The van der Waals surface area contributed by atoms with Crippen LogP contribution in [0.4, 0.5) is 5.69 Å². The van der Waals surface area contributed by atoms with E-state index in [9.17, 15) is 13.2 Å². The number of carbonyl (C=O) groups excluding carboxylic acids is 1. The third kappa shape index (κ3) is 5.13. The van der Waals surface area contributed by atoms with Crippen LogP contribution in [-0.4, -0.2) is 51.1 Å². The number of fused-ring (bicyclic) bond motifs is 1. The van der Waals surface area contributed by atoms with Crippen LogP contribution in [0, 0.1) is 0 Å². The van der Waals surface area contributed by atoms with E-state index in [4.69, 9.17) is 0 Å². The average Bonchev–Trinajstić information content (AvgIpc) is 3.51. The van der Waals surface area contributed by atoms with Crippen molar-refractivity contribution in [3.63, 3.8) is 0 Å². The Morgan fingerprint density at radius 2 is 1.86 bits per heavy atom. The van der Waals surface area contributed by atoms with E-state index in [1.54, 1.807) is 29.1 Å². The molecule has 0 unspecified atom stereocenters. The van der Waals surface area contributed by atoms with Gasteiger partial charge >= 0.3 is 0 Å². The van der Waals surface area contributed by atoms with Gasteiger partial charge < -0.3 is 9.88 Å². The fraction of sp³-hybridized carbons (Fsp3) is 0.320. The van der Waals surface area contributed by atoms with Gasteiger partial charge in [-0.2, -0.15) is 9.40 Å². The van der Waals surface area contributed by atoms with E-state index in [0.29, 0.717) is 37.3 Å². The normalized spacial score (nSPS) is 11.9. The summed E-state index contributed by atoms with van der Waals surface area (Å²) in [6.45, 7) is 7.13. The van der Waals surface area contributed by atoms with Crippen molar-refractivity contribution in [2.75, 3.05) is 18.4 Å². The molecular formula is C25H30N6O3S. The zero-order valence-corrected chi connectivity index (χ0v) is 21.0. The number of hydrogen-bond donors (Lipinski definition) is 1. The van der Waals surface area contributed by atoms with Crippen LogP contribution < -0.4 is 5.32 Å². The standard InChI is InChI=1S/C25H30N6O3S/c1-4-29(5-2)35(33,34)21-11-12-23-22(18-21)28-24(30(23)6-3)13-14-25(32)27-19-9-7-10-20(17-19)31-16-8-15-26-31/h7-12,15-18H,4-6,13-14H2,1-3H3,(H,27,32). The summed E-state index contributed by atoms with van der Waals surface area (Å²) in [4.78, 5) is 17.6. The highest BCUT2D eigenvalue weighted by molar-refractivity contribution is 7.89. The molecule has 35 heavy (non-hydrogen) atoms. The SMILES string of the molecule is CCN(CC)S(=O)(=O)c1ccc2c(c1)nc(CCC(=O)Nc1cccc(-n3cccn3)c1)n2CC. The molecule has 0 fully saturated rings. The van der Waals surface area contributed by atoms with Gasteiger partial charge in [0.25, 0.3) is 0 Å². The smallest absolute Gasteiger partial charge is 0.243 e. The lowest BCUT2D eigenvalue weighted by molar-refractivity contribution is -0.116. The molecule has 0 aliphatic carbocycles. The third-order valence-corrected chi connectivity index (χ3v) is 7.98. The summed E-state index contributed by atoms with van der Waals surface area (Å²) in [5.41, 5.74) is 3.02. The second-order valence-corrected chi connectivity index (χ2v) is 10.00. The molecule has 2 heterocycles. The monoisotopic (exact) mass is 494 g/mol. The van der Waals surface area contributed by atoms with Gasteiger partial charge in [0.2, 0.25) is 15.9 Å². The molecule has 0 atom stereocenters. The van der Waals surface area contributed by atoms with Gasteiger partial charge in [0.05, 0.1) is 21.6 Å². The second kappa shape index (κ2) is 10.4. The van der Waals surface area contributed by atoms with Crippen molar-refractivity contribution in [1.82, 2.24) is 23.6 Å². The molecule has 0 aliphatic heterocycles. The summed E-state index contributed by atoms with van der Waals surface area (Å²) in [7, 11) is -3.57. The van der Waals surface area contributed by atoms with Gasteiger partial charge in [-0.05, 0) is 49.4 Å². The predicted molar refractivity (Wildman–Crippen MR) is 136 cm³/mol. The van der Waals surface area contributed by atoms with Crippen LogP contribution in [0.5, 0.6) is 0 Å². The number of carbonyl (C=O) groups is 1. The number of hydrogen-bond acceptors (Lipinski definition) is 5. The van der Waals surface area contributed by atoms with Gasteiger partial charge in [-0.3, -0.25) is 4.79 Å². The van der Waals surface area contributed by atoms with Crippen molar-refractivity contribution >= 4 is 32.7 Å². The summed E-state index contributed by atoms with van der Waals surface area (Å²) in [6.07, 6.45) is 4.23. The van der Waals surface area contributed by atoms with Gasteiger partial charge in [0.1, 0.15) is 5.82 Å². The van der Waals surface area contributed by atoms with Crippen molar-refractivity contribution in [2.45, 2.75) is 45.1 Å². The van der Waals surface area contributed by atoms with Crippen LogP contribution >= 0.6 is 0 Å². The van der Waals surface area contributed by atoms with Crippen LogP contribution in [0.3, 0.4) is 0 Å². The molecule has 1 N–H and O–H groups in total. The molecule has 0 saturated carbocycles. The Bertz CT molecular complexity index is 1420. The molecule has 184 valence electrons. The van der Waals surface area contributed by atoms with Crippen molar-refractivity contribution in [3.05, 3.63) is 66.7 Å². The first kappa shape index (κ1) is 24.6. The fourth-order valence-corrected chi connectivity index (χ4v) is 5.65. The zero-order chi connectivity index (χ0) is 25.0. The number of anilines is 1. The van der Waals surface area contributed by atoms with Gasteiger partial charge in [0, 0.05) is 50.6 Å². The molecule has 10 heteroatoms. The molecule has 0 bridgehead atoms. The Labute approximate surface area is 205 Å². The molecule has 0 spiro atoms. The first-order valence-electron chi connectivity index (χ1n) is 11.8. The summed E-state index contributed by atoms with van der Waals surface area (Å²) in [6, 6.07) is 14.4. The quantitative estimate of drug-likeness (QED) is 0.361. The Balaban J connectivity index is 1.50.